The van der Waals surface area contributed by atoms with Crippen molar-refractivity contribution in [1.29, 1.82) is 0 Å². The summed E-state index contributed by atoms with van der Waals surface area (Å²) in [5, 5.41) is 3.37. The number of methoxy groups -OCH3 is 1. The second-order valence-electron chi connectivity index (χ2n) is 6.76. The molecule has 0 unspecified atom stereocenters. The number of aromatic amines is 1. The molecule has 146 valence electrons. The second-order valence-corrected chi connectivity index (χ2v) is 7.81. The van der Waals surface area contributed by atoms with Gasteiger partial charge in [0.05, 0.1) is 33.2 Å². The Labute approximate surface area is 177 Å². The lowest BCUT2D eigenvalue weighted by molar-refractivity contribution is 0.414. The average Bonchev–Trinajstić information content (AvgIpc) is 3.37. The van der Waals surface area contributed by atoms with Crippen LogP contribution in [0.1, 0.15) is 16.3 Å². The maximum absolute atomic E-state index is 5.53. The zero-order valence-electron chi connectivity index (χ0n) is 16.1. The highest BCUT2D eigenvalue weighted by Crippen LogP contribution is 2.31. The maximum Gasteiger partial charge on any atom is 0.151 e. The third-order valence-electron chi connectivity index (χ3n) is 4.75. The van der Waals surface area contributed by atoms with Crippen molar-refractivity contribution in [3.05, 3.63) is 71.1 Å². The average molecular weight is 411 g/mol. The monoisotopic (exact) mass is 411 g/mol. The molecule has 0 saturated carbocycles. The highest BCUT2D eigenvalue weighted by molar-refractivity contribution is 7.20. The fourth-order valence-electron chi connectivity index (χ4n) is 3.35. The number of hydrogen-bond donors (Lipinski definition) is 2. The molecule has 0 aliphatic carbocycles. The van der Waals surface area contributed by atoms with E-state index < -0.39 is 0 Å². The summed E-state index contributed by atoms with van der Waals surface area (Å²) in [6.45, 7) is 0. The molecule has 0 amide bonds. The number of hydrogen-bond acceptors (Lipinski definition) is 6. The van der Waals surface area contributed by atoms with Gasteiger partial charge in [-0.05, 0) is 42.0 Å². The molecule has 0 atom stereocenters. The lowest BCUT2D eigenvalue weighted by atomic mass is 10.1. The number of rotatable bonds is 5. The van der Waals surface area contributed by atoms with Crippen LogP contribution in [0.15, 0.2) is 54.9 Å². The van der Waals surface area contributed by atoms with E-state index in [1.54, 1.807) is 7.11 Å². The third-order valence-corrected chi connectivity index (χ3v) is 5.82. The van der Waals surface area contributed by atoms with E-state index in [1.165, 1.54) is 17.7 Å². The van der Waals surface area contributed by atoms with Gasteiger partial charge < -0.3 is 15.0 Å². The molecule has 0 bridgehead atoms. The van der Waals surface area contributed by atoms with Crippen molar-refractivity contribution in [2.75, 3.05) is 12.4 Å². The first-order chi connectivity index (χ1) is 14.7. The predicted molar refractivity (Wildman–Crippen MR) is 121 cm³/mol. The number of H-pyrrole nitrogens is 1. The zero-order valence-corrected chi connectivity index (χ0v) is 17.0. The smallest absolute Gasteiger partial charge is 0.151 e. The van der Waals surface area contributed by atoms with Crippen molar-refractivity contribution in [1.82, 2.24) is 19.9 Å². The van der Waals surface area contributed by atoms with Crippen molar-refractivity contribution in [2.24, 2.45) is 0 Å². The number of aromatic nitrogens is 4. The minimum Gasteiger partial charge on any atom is -0.497 e. The third kappa shape index (κ3) is 3.45. The summed E-state index contributed by atoms with van der Waals surface area (Å²) >= 11 is 1.50. The molecule has 6 nitrogen and oxygen atoms in total. The van der Waals surface area contributed by atoms with E-state index in [1.807, 2.05) is 42.5 Å². The first kappa shape index (κ1) is 18.2. The molecular formula is C23H17N5OS. The summed E-state index contributed by atoms with van der Waals surface area (Å²) in [7, 11) is 1.67. The number of fused-ring (bicyclic) bond motifs is 2. The van der Waals surface area contributed by atoms with Gasteiger partial charge in [-0.1, -0.05) is 18.1 Å². The number of ether oxygens (including phenoxy) is 1. The van der Waals surface area contributed by atoms with Gasteiger partial charge in [-0.3, -0.25) is 0 Å². The molecule has 3 heterocycles. The molecule has 2 aromatic carbocycles. The highest BCUT2D eigenvalue weighted by Gasteiger charge is 2.10. The highest BCUT2D eigenvalue weighted by atomic mass is 32.1. The Kier molecular flexibility index (Phi) is 4.54. The summed E-state index contributed by atoms with van der Waals surface area (Å²) in [6, 6.07) is 15.9. The Morgan fingerprint density at radius 2 is 2.07 bits per heavy atom. The van der Waals surface area contributed by atoms with Crippen molar-refractivity contribution in [3.8, 4) is 18.1 Å². The first-order valence-corrected chi connectivity index (χ1v) is 10.1. The van der Waals surface area contributed by atoms with Crippen molar-refractivity contribution in [3.63, 3.8) is 0 Å². The maximum atomic E-state index is 5.53. The van der Waals surface area contributed by atoms with Crippen LogP contribution in [0.5, 0.6) is 5.75 Å². The lowest BCUT2D eigenvalue weighted by Gasteiger charge is -2.05. The van der Waals surface area contributed by atoms with E-state index in [4.69, 9.17) is 16.1 Å². The molecule has 0 aliphatic rings. The first-order valence-electron chi connectivity index (χ1n) is 9.31. The van der Waals surface area contributed by atoms with Gasteiger partial charge in [0.15, 0.2) is 5.82 Å². The number of terminal acetylenes is 1. The second kappa shape index (κ2) is 7.50. The molecule has 3 aromatic heterocycles. The van der Waals surface area contributed by atoms with Crippen LogP contribution >= 0.6 is 11.3 Å². The zero-order chi connectivity index (χ0) is 20.5. The molecule has 0 spiro atoms. The topological polar surface area (TPSA) is 75.7 Å². The van der Waals surface area contributed by atoms with Crippen LogP contribution in [0.4, 0.5) is 11.5 Å². The van der Waals surface area contributed by atoms with Crippen LogP contribution < -0.4 is 10.1 Å². The fourth-order valence-corrected chi connectivity index (χ4v) is 4.21. The number of nitrogens with zero attached hydrogens (tertiary/aromatic N) is 3. The quantitative estimate of drug-likeness (QED) is 0.403. The van der Waals surface area contributed by atoms with E-state index in [-0.39, 0.29) is 0 Å². The van der Waals surface area contributed by atoms with Gasteiger partial charge >= 0.3 is 0 Å². The van der Waals surface area contributed by atoms with Crippen LogP contribution in [0.3, 0.4) is 0 Å². The lowest BCUT2D eigenvalue weighted by Crippen LogP contribution is -1.94. The Morgan fingerprint density at radius 3 is 2.93 bits per heavy atom. The molecule has 0 fully saturated rings. The van der Waals surface area contributed by atoms with Crippen LogP contribution in [0, 0.1) is 12.3 Å². The molecule has 0 saturated heterocycles. The molecule has 0 aliphatic heterocycles. The Balaban J connectivity index is 1.43. The molecule has 0 radical (unpaired) electrons. The van der Waals surface area contributed by atoms with Crippen LogP contribution in [-0.4, -0.2) is 27.0 Å². The molecule has 7 heteroatoms. The van der Waals surface area contributed by atoms with Crippen LogP contribution in [-0.2, 0) is 6.42 Å². The predicted octanol–water partition coefficient (Wildman–Crippen LogP) is 4.89. The number of imidazole rings is 1. The fraction of sp³-hybridized carbons (Fsp3) is 0.0870. The van der Waals surface area contributed by atoms with E-state index in [9.17, 15) is 0 Å². The SMILES string of the molecule is C#Cc1cc2ncnc(Nc3ccc4[nH]c(Cc5cccc(OC)c5)nc4c3)c2s1. The number of thiophene rings is 1. The van der Waals surface area contributed by atoms with Crippen LogP contribution in [0.2, 0.25) is 0 Å². The summed E-state index contributed by atoms with van der Waals surface area (Å²) in [5.41, 5.74) is 4.75. The minimum atomic E-state index is 0.700. The molecule has 30 heavy (non-hydrogen) atoms. The molecule has 5 rings (SSSR count). The summed E-state index contributed by atoms with van der Waals surface area (Å²) in [5.74, 6) is 5.14. The van der Waals surface area contributed by atoms with Crippen molar-refractivity contribution < 1.29 is 4.74 Å². The van der Waals surface area contributed by atoms with Gasteiger partial charge in [-0.25, -0.2) is 15.0 Å². The van der Waals surface area contributed by atoms with Gasteiger partial charge in [0, 0.05) is 12.1 Å². The van der Waals surface area contributed by atoms with Crippen molar-refractivity contribution >= 4 is 44.1 Å². The Bertz CT molecular complexity index is 1410. The Hall–Kier alpha value is -3.89. The van der Waals surface area contributed by atoms with Gasteiger partial charge in [0.25, 0.3) is 0 Å². The van der Waals surface area contributed by atoms with E-state index in [2.05, 4.69) is 32.3 Å². The molecular weight excluding hydrogens is 394 g/mol. The van der Waals surface area contributed by atoms with Gasteiger partial charge in [-0.2, -0.15) is 0 Å². The summed E-state index contributed by atoms with van der Waals surface area (Å²) in [4.78, 5) is 17.7. The van der Waals surface area contributed by atoms with E-state index in [0.29, 0.717) is 6.42 Å². The van der Waals surface area contributed by atoms with E-state index >= 15 is 0 Å². The number of anilines is 2. The minimum absolute atomic E-state index is 0.700. The van der Waals surface area contributed by atoms with Crippen molar-refractivity contribution in [2.45, 2.75) is 6.42 Å². The van der Waals surface area contributed by atoms with Gasteiger partial charge in [-0.15, -0.1) is 17.8 Å². The largest absolute Gasteiger partial charge is 0.497 e. The number of benzene rings is 2. The molecule has 5 aromatic rings. The Morgan fingerprint density at radius 1 is 1.13 bits per heavy atom. The van der Waals surface area contributed by atoms with Crippen LogP contribution in [0.25, 0.3) is 21.3 Å². The van der Waals surface area contributed by atoms with Gasteiger partial charge in [0.1, 0.15) is 17.9 Å². The van der Waals surface area contributed by atoms with E-state index in [0.717, 1.165) is 54.8 Å². The summed E-state index contributed by atoms with van der Waals surface area (Å²) in [6.07, 6.45) is 7.76. The normalized spacial score (nSPS) is 10.9. The van der Waals surface area contributed by atoms with Gasteiger partial charge in [0.2, 0.25) is 0 Å². The molecule has 2 N–H and O–H groups in total. The number of nitrogens with one attached hydrogen (secondary N) is 2. The summed E-state index contributed by atoms with van der Waals surface area (Å²) < 4.78 is 6.24. The standard InChI is InChI=1S/C23H17N5OS/c1-3-17-12-20-22(30-17)23(25-13-24-20)26-15-7-8-18-19(11-15)28-21(27-18)10-14-5-4-6-16(9-14)29-2/h1,4-9,11-13H,10H2,2H3,(H,27,28)(H,24,25,26).